The van der Waals surface area contributed by atoms with Crippen molar-refractivity contribution in [3.8, 4) is 0 Å². The van der Waals surface area contributed by atoms with Crippen molar-refractivity contribution in [2.45, 2.75) is 45.6 Å². The molecule has 28 heavy (non-hydrogen) atoms. The van der Waals surface area contributed by atoms with Crippen molar-refractivity contribution >= 4 is 27.5 Å². The second-order valence-corrected chi connectivity index (χ2v) is 8.32. The van der Waals surface area contributed by atoms with Gasteiger partial charge in [0.1, 0.15) is 10.7 Å². The standard InChI is InChI=1S/C22H25N3O2S/c1-14-18-15(2)24-20(17-9-10-17)25-22(18)28-19(14)21(26)23-11-6-12-27-13-16-7-4-3-5-8-16/h3-5,7-8,17H,6,9-13H2,1-2H3,(H,23,26). The largest absolute Gasteiger partial charge is 0.377 e. The van der Waals surface area contributed by atoms with E-state index in [1.807, 2.05) is 44.2 Å². The second-order valence-electron chi connectivity index (χ2n) is 7.33. The van der Waals surface area contributed by atoms with E-state index in [1.165, 1.54) is 24.2 Å². The van der Waals surface area contributed by atoms with E-state index in [0.717, 1.165) is 44.2 Å². The summed E-state index contributed by atoms with van der Waals surface area (Å²) in [6.45, 7) is 5.83. The van der Waals surface area contributed by atoms with Gasteiger partial charge in [0.25, 0.3) is 5.91 Å². The normalized spacial score (nSPS) is 13.8. The molecule has 6 heteroatoms. The third-order valence-corrected chi connectivity index (χ3v) is 6.18. The van der Waals surface area contributed by atoms with Crippen molar-refractivity contribution in [3.05, 3.63) is 57.9 Å². The van der Waals surface area contributed by atoms with Crippen LogP contribution in [0.2, 0.25) is 0 Å². The molecule has 2 aromatic heterocycles. The highest BCUT2D eigenvalue weighted by molar-refractivity contribution is 7.20. The fourth-order valence-corrected chi connectivity index (χ4v) is 4.48. The number of carbonyl (C=O) groups is 1. The van der Waals surface area contributed by atoms with Crippen molar-refractivity contribution < 1.29 is 9.53 Å². The number of nitrogens with zero attached hydrogens (tertiary/aromatic N) is 2. The van der Waals surface area contributed by atoms with E-state index in [2.05, 4.69) is 10.3 Å². The maximum absolute atomic E-state index is 12.6. The first-order valence-electron chi connectivity index (χ1n) is 9.81. The molecule has 0 atom stereocenters. The van der Waals surface area contributed by atoms with Crippen LogP contribution >= 0.6 is 11.3 Å². The highest BCUT2D eigenvalue weighted by atomic mass is 32.1. The Kier molecular flexibility index (Phi) is 5.69. The molecule has 1 amide bonds. The van der Waals surface area contributed by atoms with Crippen molar-refractivity contribution in [3.63, 3.8) is 0 Å². The number of hydrogen-bond acceptors (Lipinski definition) is 5. The summed E-state index contributed by atoms with van der Waals surface area (Å²) in [4.78, 5) is 23.7. The van der Waals surface area contributed by atoms with Crippen molar-refractivity contribution in [2.75, 3.05) is 13.2 Å². The number of ether oxygens (including phenoxy) is 1. The first-order chi connectivity index (χ1) is 13.6. The topological polar surface area (TPSA) is 64.1 Å². The lowest BCUT2D eigenvalue weighted by Gasteiger charge is -2.06. The molecule has 0 bridgehead atoms. The number of aromatic nitrogens is 2. The summed E-state index contributed by atoms with van der Waals surface area (Å²) in [5.41, 5.74) is 3.13. The summed E-state index contributed by atoms with van der Waals surface area (Å²) in [5, 5.41) is 4.04. The van der Waals surface area contributed by atoms with E-state index in [1.54, 1.807) is 0 Å². The SMILES string of the molecule is Cc1nc(C2CC2)nc2sc(C(=O)NCCCOCc3ccccc3)c(C)c12. The zero-order chi connectivity index (χ0) is 19.5. The molecule has 0 saturated heterocycles. The molecule has 0 radical (unpaired) electrons. The predicted octanol–water partition coefficient (Wildman–Crippen LogP) is 4.52. The van der Waals surface area contributed by atoms with E-state index in [-0.39, 0.29) is 5.91 Å². The van der Waals surface area contributed by atoms with E-state index in [0.29, 0.717) is 25.7 Å². The fraction of sp³-hybridized carbons (Fsp3) is 0.409. The summed E-state index contributed by atoms with van der Waals surface area (Å²) >= 11 is 1.48. The van der Waals surface area contributed by atoms with Gasteiger partial charge < -0.3 is 10.1 Å². The third kappa shape index (κ3) is 4.23. The first-order valence-corrected chi connectivity index (χ1v) is 10.6. The van der Waals surface area contributed by atoms with Crippen molar-refractivity contribution in [2.24, 2.45) is 0 Å². The first kappa shape index (κ1) is 19.0. The number of nitrogens with one attached hydrogen (secondary N) is 1. The average molecular weight is 396 g/mol. The van der Waals surface area contributed by atoms with Crippen LogP contribution in [0, 0.1) is 13.8 Å². The predicted molar refractivity (Wildman–Crippen MR) is 112 cm³/mol. The molecule has 2 heterocycles. The lowest BCUT2D eigenvalue weighted by Crippen LogP contribution is -2.25. The third-order valence-electron chi connectivity index (χ3n) is 5.00. The van der Waals surface area contributed by atoms with Crippen LogP contribution in [0.1, 0.15) is 57.5 Å². The van der Waals surface area contributed by atoms with Crippen LogP contribution in [-0.4, -0.2) is 29.0 Å². The average Bonchev–Trinajstić information content (AvgIpc) is 3.49. The minimum absolute atomic E-state index is 0.0315. The molecule has 146 valence electrons. The number of hydrogen-bond donors (Lipinski definition) is 1. The Morgan fingerprint density at radius 1 is 1.21 bits per heavy atom. The number of thiophene rings is 1. The number of fused-ring (bicyclic) bond motifs is 1. The van der Waals surface area contributed by atoms with Crippen LogP contribution in [0.3, 0.4) is 0 Å². The van der Waals surface area contributed by atoms with Gasteiger partial charge in [-0.25, -0.2) is 9.97 Å². The fourth-order valence-electron chi connectivity index (χ4n) is 3.32. The second kappa shape index (κ2) is 8.37. The van der Waals surface area contributed by atoms with Gasteiger partial charge >= 0.3 is 0 Å². The number of amides is 1. The molecule has 0 spiro atoms. The van der Waals surface area contributed by atoms with Crippen LogP contribution in [0.15, 0.2) is 30.3 Å². The zero-order valence-corrected chi connectivity index (χ0v) is 17.1. The Hall–Kier alpha value is -2.31. The molecule has 1 saturated carbocycles. The molecule has 1 aliphatic carbocycles. The van der Waals surface area contributed by atoms with Gasteiger partial charge in [-0.05, 0) is 44.2 Å². The smallest absolute Gasteiger partial charge is 0.261 e. The van der Waals surface area contributed by atoms with Crippen molar-refractivity contribution in [1.29, 1.82) is 0 Å². The summed E-state index contributed by atoms with van der Waals surface area (Å²) in [6.07, 6.45) is 3.14. The van der Waals surface area contributed by atoms with Crippen molar-refractivity contribution in [1.82, 2.24) is 15.3 Å². The Bertz CT molecular complexity index is 980. The number of rotatable bonds is 8. The van der Waals surface area contributed by atoms with Gasteiger partial charge in [-0.2, -0.15) is 0 Å². The summed E-state index contributed by atoms with van der Waals surface area (Å²) in [5.74, 6) is 1.42. The molecular formula is C22H25N3O2S. The highest BCUT2D eigenvalue weighted by Crippen LogP contribution is 2.40. The molecule has 0 unspecified atom stereocenters. The maximum Gasteiger partial charge on any atom is 0.261 e. The summed E-state index contributed by atoms with van der Waals surface area (Å²) < 4.78 is 5.67. The Balaban J connectivity index is 1.31. The number of benzene rings is 1. The summed E-state index contributed by atoms with van der Waals surface area (Å²) in [6, 6.07) is 10.1. The lowest BCUT2D eigenvalue weighted by molar-refractivity contribution is 0.0938. The van der Waals surface area contributed by atoms with Crippen LogP contribution in [0.5, 0.6) is 0 Å². The summed E-state index contributed by atoms with van der Waals surface area (Å²) in [7, 11) is 0. The van der Waals surface area contributed by atoms with Crippen LogP contribution in [0.25, 0.3) is 10.2 Å². The van der Waals surface area contributed by atoms with E-state index in [4.69, 9.17) is 9.72 Å². The molecule has 0 aliphatic heterocycles. The van der Waals surface area contributed by atoms with Gasteiger partial charge in [0.15, 0.2) is 0 Å². The molecule has 1 fully saturated rings. The van der Waals surface area contributed by atoms with Gasteiger partial charge in [0.05, 0.1) is 17.2 Å². The van der Waals surface area contributed by atoms with Gasteiger partial charge in [-0.15, -0.1) is 11.3 Å². The minimum atomic E-state index is -0.0315. The van der Waals surface area contributed by atoms with Crippen LogP contribution in [-0.2, 0) is 11.3 Å². The minimum Gasteiger partial charge on any atom is -0.377 e. The highest BCUT2D eigenvalue weighted by Gasteiger charge is 2.28. The lowest BCUT2D eigenvalue weighted by atomic mass is 10.1. The Morgan fingerprint density at radius 3 is 2.75 bits per heavy atom. The molecule has 3 aromatic rings. The van der Waals surface area contributed by atoms with Gasteiger partial charge in [-0.1, -0.05) is 30.3 Å². The number of carbonyl (C=O) groups excluding carboxylic acids is 1. The molecule has 1 aromatic carbocycles. The van der Waals surface area contributed by atoms with Gasteiger partial charge in [0, 0.05) is 24.5 Å². The van der Waals surface area contributed by atoms with Crippen LogP contribution < -0.4 is 5.32 Å². The monoisotopic (exact) mass is 395 g/mol. The Morgan fingerprint density at radius 2 is 2.00 bits per heavy atom. The zero-order valence-electron chi connectivity index (χ0n) is 16.3. The Labute approximate surface area is 169 Å². The van der Waals surface area contributed by atoms with E-state index < -0.39 is 0 Å². The van der Waals surface area contributed by atoms with Gasteiger partial charge in [0.2, 0.25) is 0 Å². The van der Waals surface area contributed by atoms with Crippen LogP contribution in [0.4, 0.5) is 0 Å². The molecule has 1 N–H and O–H groups in total. The van der Waals surface area contributed by atoms with E-state index in [9.17, 15) is 4.79 Å². The number of aryl methyl sites for hydroxylation is 2. The maximum atomic E-state index is 12.6. The molecular weight excluding hydrogens is 370 g/mol. The van der Waals surface area contributed by atoms with E-state index >= 15 is 0 Å². The molecule has 4 rings (SSSR count). The molecule has 1 aliphatic rings. The van der Waals surface area contributed by atoms with Gasteiger partial charge in [-0.3, -0.25) is 4.79 Å². The molecule has 5 nitrogen and oxygen atoms in total. The quantitative estimate of drug-likeness (QED) is 0.570.